The smallest absolute Gasteiger partial charge is 0.138 e. The van der Waals surface area contributed by atoms with Crippen molar-refractivity contribution < 1.29 is 9.13 Å². The third kappa shape index (κ3) is 1.91. The molecule has 1 saturated heterocycles. The molecule has 2 unspecified atom stereocenters. The molecule has 1 aliphatic heterocycles. The lowest BCUT2D eigenvalue weighted by Crippen LogP contribution is -2.32. The summed E-state index contributed by atoms with van der Waals surface area (Å²) in [6.45, 7) is 0.843. The highest BCUT2D eigenvalue weighted by Gasteiger charge is 2.19. The number of hydrogen-bond donors (Lipinski definition) is 1. The van der Waals surface area contributed by atoms with Gasteiger partial charge >= 0.3 is 0 Å². The molecule has 0 aliphatic carbocycles. The topological polar surface area (TPSA) is 35.2 Å². The Kier molecular flexibility index (Phi) is 2.42. The van der Waals surface area contributed by atoms with E-state index in [4.69, 9.17) is 10.5 Å². The predicted octanol–water partition coefficient (Wildman–Crippen LogP) is 0.462. The van der Waals surface area contributed by atoms with Crippen LogP contribution in [0.3, 0.4) is 0 Å². The van der Waals surface area contributed by atoms with Gasteiger partial charge in [0.15, 0.2) is 0 Å². The minimum absolute atomic E-state index is 0.182. The van der Waals surface area contributed by atoms with Crippen molar-refractivity contribution in [3.63, 3.8) is 0 Å². The largest absolute Gasteiger partial charge is 0.378 e. The summed E-state index contributed by atoms with van der Waals surface area (Å²) in [6.07, 6.45) is 0.690. The predicted molar refractivity (Wildman–Crippen MR) is 32.9 cm³/mol. The Bertz CT molecular complexity index is 79.1. The Hall–Kier alpha value is -0.150. The van der Waals surface area contributed by atoms with Gasteiger partial charge < -0.3 is 10.5 Å². The Balaban J connectivity index is 2.32. The fraction of sp³-hybridized carbons (Fsp3) is 1.00. The van der Waals surface area contributed by atoms with Gasteiger partial charge in [0.05, 0.1) is 6.61 Å². The fourth-order valence-electron chi connectivity index (χ4n) is 0.921. The van der Waals surface area contributed by atoms with Crippen LogP contribution in [0.4, 0.5) is 4.39 Å². The minimum atomic E-state index is -0.951. The van der Waals surface area contributed by atoms with Gasteiger partial charge in [-0.25, -0.2) is 4.39 Å². The highest BCUT2D eigenvalue weighted by molar-refractivity contribution is 4.73. The normalized spacial score (nSPS) is 38.0. The van der Waals surface area contributed by atoms with Gasteiger partial charge in [-0.3, -0.25) is 0 Å². The van der Waals surface area contributed by atoms with Crippen molar-refractivity contribution in [2.45, 2.75) is 25.1 Å². The van der Waals surface area contributed by atoms with Crippen LogP contribution in [-0.4, -0.2) is 25.4 Å². The van der Waals surface area contributed by atoms with Crippen LogP contribution in [0.15, 0.2) is 0 Å². The maximum absolute atomic E-state index is 12.6. The molecule has 1 heterocycles. The van der Waals surface area contributed by atoms with Crippen molar-refractivity contribution >= 4 is 0 Å². The molecule has 54 valence electrons. The zero-order chi connectivity index (χ0) is 6.69. The Morgan fingerprint density at radius 3 is 3.11 bits per heavy atom. The Labute approximate surface area is 54.2 Å². The van der Waals surface area contributed by atoms with Crippen molar-refractivity contribution in [1.29, 1.82) is 0 Å². The number of alkyl halides is 1. The maximum atomic E-state index is 12.6. The van der Waals surface area contributed by atoms with Crippen molar-refractivity contribution in [2.75, 3.05) is 13.2 Å². The standard InChI is InChI=1S/C6H12FNO/c7-5-4-9-3-1-2-6(5)8/h5-6H,1-4,8H2. The van der Waals surface area contributed by atoms with Crippen LogP contribution in [0.1, 0.15) is 12.8 Å². The molecule has 0 amide bonds. The van der Waals surface area contributed by atoms with Crippen molar-refractivity contribution in [1.82, 2.24) is 0 Å². The number of ether oxygens (including phenoxy) is 1. The highest BCUT2D eigenvalue weighted by atomic mass is 19.1. The molecule has 2 nitrogen and oxygen atoms in total. The van der Waals surface area contributed by atoms with Crippen molar-refractivity contribution in [3.8, 4) is 0 Å². The van der Waals surface area contributed by atoms with Gasteiger partial charge in [0.2, 0.25) is 0 Å². The van der Waals surface area contributed by atoms with Crippen LogP contribution in [-0.2, 0) is 4.74 Å². The van der Waals surface area contributed by atoms with Gasteiger partial charge in [-0.2, -0.15) is 0 Å². The van der Waals surface area contributed by atoms with E-state index in [0.29, 0.717) is 6.61 Å². The van der Waals surface area contributed by atoms with Gasteiger partial charge in [-0.1, -0.05) is 0 Å². The van der Waals surface area contributed by atoms with Gasteiger partial charge in [0.25, 0.3) is 0 Å². The SMILES string of the molecule is NC1CCCOCC1F. The second-order valence-corrected chi connectivity index (χ2v) is 2.40. The van der Waals surface area contributed by atoms with Crippen LogP contribution in [0, 0.1) is 0 Å². The van der Waals surface area contributed by atoms with Gasteiger partial charge in [-0.15, -0.1) is 0 Å². The number of hydrogen-bond acceptors (Lipinski definition) is 2. The van der Waals surface area contributed by atoms with Crippen LogP contribution in [0.5, 0.6) is 0 Å². The fourth-order valence-corrected chi connectivity index (χ4v) is 0.921. The van der Waals surface area contributed by atoms with Crippen LogP contribution in [0.25, 0.3) is 0 Å². The molecule has 9 heavy (non-hydrogen) atoms. The van der Waals surface area contributed by atoms with Crippen molar-refractivity contribution in [2.24, 2.45) is 5.73 Å². The molecule has 2 N–H and O–H groups in total. The van der Waals surface area contributed by atoms with E-state index in [2.05, 4.69) is 0 Å². The van der Waals surface area contributed by atoms with Crippen LogP contribution < -0.4 is 5.73 Å². The van der Waals surface area contributed by atoms with E-state index in [-0.39, 0.29) is 12.6 Å². The molecule has 0 spiro atoms. The number of halogens is 1. The summed E-state index contributed by atoms with van der Waals surface area (Å²) in [6, 6.07) is -0.299. The summed E-state index contributed by atoms with van der Waals surface area (Å²) in [7, 11) is 0. The molecule has 1 fully saturated rings. The molecule has 0 aromatic heterocycles. The monoisotopic (exact) mass is 133 g/mol. The molecule has 2 atom stereocenters. The first-order valence-corrected chi connectivity index (χ1v) is 3.28. The van der Waals surface area contributed by atoms with E-state index in [9.17, 15) is 4.39 Å². The summed E-state index contributed by atoms with van der Waals surface area (Å²) in [4.78, 5) is 0. The molecule has 0 aromatic carbocycles. The third-order valence-electron chi connectivity index (χ3n) is 1.57. The number of nitrogens with two attached hydrogens (primary N) is 1. The average Bonchev–Trinajstić information content (AvgIpc) is 1.99. The molecular formula is C6H12FNO. The molecule has 1 aliphatic rings. The summed E-state index contributed by atoms with van der Waals surface area (Å²) in [5.74, 6) is 0. The second-order valence-electron chi connectivity index (χ2n) is 2.40. The van der Waals surface area contributed by atoms with E-state index in [1.165, 1.54) is 0 Å². The summed E-state index contributed by atoms with van der Waals surface area (Å²) < 4.78 is 17.5. The molecule has 3 heteroatoms. The maximum Gasteiger partial charge on any atom is 0.138 e. The van der Waals surface area contributed by atoms with E-state index in [1.807, 2.05) is 0 Å². The van der Waals surface area contributed by atoms with E-state index < -0.39 is 6.17 Å². The highest BCUT2D eigenvalue weighted by Crippen LogP contribution is 2.08. The zero-order valence-corrected chi connectivity index (χ0v) is 5.35. The summed E-state index contributed by atoms with van der Waals surface area (Å²) >= 11 is 0. The molecule has 0 radical (unpaired) electrons. The lowest BCUT2D eigenvalue weighted by molar-refractivity contribution is 0.0923. The summed E-state index contributed by atoms with van der Waals surface area (Å²) in [5.41, 5.74) is 5.42. The average molecular weight is 133 g/mol. The first-order valence-electron chi connectivity index (χ1n) is 3.28. The first kappa shape index (κ1) is 6.96. The lowest BCUT2D eigenvalue weighted by atomic mass is 10.1. The second kappa shape index (κ2) is 3.13. The van der Waals surface area contributed by atoms with E-state index in [0.717, 1.165) is 12.8 Å². The lowest BCUT2D eigenvalue weighted by Gasteiger charge is -2.10. The number of rotatable bonds is 0. The van der Waals surface area contributed by atoms with Crippen LogP contribution >= 0.6 is 0 Å². The van der Waals surface area contributed by atoms with Crippen LogP contribution in [0.2, 0.25) is 0 Å². The third-order valence-corrected chi connectivity index (χ3v) is 1.57. The molecule has 0 aromatic rings. The van der Waals surface area contributed by atoms with E-state index in [1.54, 1.807) is 0 Å². The van der Waals surface area contributed by atoms with Crippen molar-refractivity contribution in [3.05, 3.63) is 0 Å². The molecular weight excluding hydrogens is 121 g/mol. The molecule has 0 saturated carbocycles. The molecule has 1 rings (SSSR count). The quantitative estimate of drug-likeness (QED) is 0.521. The van der Waals surface area contributed by atoms with E-state index >= 15 is 0 Å². The minimum Gasteiger partial charge on any atom is -0.378 e. The Morgan fingerprint density at radius 1 is 1.56 bits per heavy atom. The van der Waals surface area contributed by atoms with Gasteiger partial charge in [0, 0.05) is 12.6 Å². The molecule has 0 bridgehead atoms. The first-order chi connectivity index (χ1) is 4.30. The Morgan fingerprint density at radius 2 is 2.33 bits per heavy atom. The zero-order valence-electron chi connectivity index (χ0n) is 5.35. The van der Waals surface area contributed by atoms with Gasteiger partial charge in [0.1, 0.15) is 6.17 Å². The summed E-state index contributed by atoms with van der Waals surface area (Å²) in [5, 5.41) is 0. The van der Waals surface area contributed by atoms with Gasteiger partial charge in [-0.05, 0) is 12.8 Å².